The molecule has 1 aliphatic carbocycles. The van der Waals surface area contributed by atoms with Crippen molar-refractivity contribution in [2.75, 3.05) is 7.11 Å². The molecule has 0 atom stereocenters. The second-order valence-corrected chi connectivity index (χ2v) is 6.42. The van der Waals surface area contributed by atoms with Crippen LogP contribution < -0.4 is 5.32 Å². The Morgan fingerprint density at radius 2 is 2.00 bits per heavy atom. The second-order valence-electron chi connectivity index (χ2n) is 5.33. The molecule has 0 unspecified atom stereocenters. The molecule has 1 aromatic heterocycles. The molecular formula is C16H19NO2S. The minimum Gasteiger partial charge on any atom is -0.381 e. The molecule has 4 heteroatoms. The van der Waals surface area contributed by atoms with Crippen molar-refractivity contribution in [2.24, 2.45) is 0 Å². The van der Waals surface area contributed by atoms with Crippen molar-refractivity contribution in [3.8, 4) is 0 Å². The number of ether oxygens (including phenoxy) is 1. The molecular weight excluding hydrogens is 270 g/mol. The number of carbonyl (C=O) groups is 1. The molecule has 1 heterocycles. The molecule has 3 nitrogen and oxygen atoms in total. The molecule has 1 saturated carbocycles. The third kappa shape index (κ3) is 2.86. The highest BCUT2D eigenvalue weighted by molar-refractivity contribution is 7.20. The van der Waals surface area contributed by atoms with E-state index in [0.717, 1.165) is 35.9 Å². The monoisotopic (exact) mass is 289 g/mol. The predicted molar refractivity (Wildman–Crippen MR) is 82.3 cm³/mol. The number of benzene rings is 1. The van der Waals surface area contributed by atoms with Gasteiger partial charge >= 0.3 is 0 Å². The van der Waals surface area contributed by atoms with Crippen LogP contribution in [0.5, 0.6) is 0 Å². The minimum absolute atomic E-state index is 0.0621. The SMILES string of the molecule is COC1CCC(NC(=O)c2cc3ccccc3s2)CC1. The van der Waals surface area contributed by atoms with Crippen LogP contribution in [0.2, 0.25) is 0 Å². The van der Waals surface area contributed by atoms with E-state index in [4.69, 9.17) is 4.74 Å². The number of fused-ring (bicyclic) bond motifs is 1. The van der Waals surface area contributed by atoms with E-state index in [-0.39, 0.29) is 5.91 Å². The van der Waals surface area contributed by atoms with Crippen LogP contribution in [0.4, 0.5) is 0 Å². The zero-order chi connectivity index (χ0) is 13.9. The van der Waals surface area contributed by atoms with E-state index in [1.807, 2.05) is 24.3 Å². The standard InChI is InChI=1S/C16H19NO2S/c1-19-13-8-6-12(7-9-13)17-16(18)15-10-11-4-2-3-5-14(11)20-15/h2-5,10,12-13H,6-9H2,1H3,(H,17,18). The molecule has 2 aromatic rings. The number of thiophene rings is 1. The van der Waals surface area contributed by atoms with Gasteiger partial charge in [0.1, 0.15) is 0 Å². The molecule has 0 saturated heterocycles. The van der Waals surface area contributed by atoms with Gasteiger partial charge in [-0.3, -0.25) is 4.79 Å². The quantitative estimate of drug-likeness (QED) is 0.937. The van der Waals surface area contributed by atoms with Crippen molar-refractivity contribution in [3.05, 3.63) is 35.2 Å². The molecule has 106 valence electrons. The maximum Gasteiger partial charge on any atom is 0.261 e. The summed E-state index contributed by atoms with van der Waals surface area (Å²) in [6.45, 7) is 0. The first-order chi connectivity index (χ1) is 9.76. The molecule has 3 rings (SSSR count). The Morgan fingerprint density at radius 3 is 2.70 bits per heavy atom. The molecule has 0 radical (unpaired) electrons. The van der Waals surface area contributed by atoms with Crippen LogP contribution in [-0.2, 0) is 4.74 Å². The fourth-order valence-corrected chi connectivity index (χ4v) is 3.76. The Bertz CT molecular complexity index is 566. The van der Waals surface area contributed by atoms with Crippen LogP contribution in [-0.4, -0.2) is 25.2 Å². The van der Waals surface area contributed by atoms with E-state index in [1.54, 1.807) is 18.4 Å². The minimum atomic E-state index is 0.0621. The first kappa shape index (κ1) is 13.6. The molecule has 0 spiro atoms. The smallest absolute Gasteiger partial charge is 0.261 e. The summed E-state index contributed by atoms with van der Waals surface area (Å²) in [4.78, 5) is 13.1. The van der Waals surface area contributed by atoms with Gasteiger partial charge in [-0.15, -0.1) is 11.3 Å². The van der Waals surface area contributed by atoms with E-state index < -0.39 is 0 Å². The lowest BCUT2D eigenvalue weighted by Gasteiger charge is -2.28. The van der Waals surface area contributed by atoms with E-state index >= 15 is 0 Å². The molecule has 1 aliphatic rings. The summed E-state index contributed by atoms with van der Waals surface area (Å²) < 4.78 is 6.53. The van der Waals surface area contributed by atoms with Crippen LogP contribution in [0.3, 0.4) is 0 Å². The van der Waals surface area contributed by atoms with Gasteiger partial charge < -0.3 is 10.1 Å². The lowest BCUT2D eigenvalue weighted by molar-refractivity contribution is 0.0600. The number of methoxy groups -OCH3 is 1. The average molecular weight is 289 g/mol. The van der Waals surface area contributed by atoms with Crippen LogP contribution in [0.15, 0.2) is 30.3 Å². The summed E-state index contributed by atoms with van der Waals surface area (Å²) in [6, 6.07) is 10.4. The van der Waals surface area contributed by atoms with Gasteiger partial charge in [-0.2, -0.15) is 0 Å². The van der Waals surface area contributed by atoms with Crippen LogP contribution in [0.1, 0.15) is 35.4 Å². The molecule has 0 aliphatic heterocycles. The van der Waals surface area contributed by atoms with Crippen molar-refractivity contribution in [3.63, 3.8) is 0 Å². The van der Waals surface area contributed by atoms with Crippen molar-refractivity contribution in [1.29, 1.82) is 0 Å². The fraction of sp³-hybridized carbons (Fsp3) is 0.438. The van der Waals surface area contributed by atoms with Gasteiger partial charge in [0.2, 0.25) is 0 Å². The van der Waals surface area contributed by atoms with E-state index in [9.17, 15) is 4.79 Å². The highest BCUT2D eigenvalue weighted by Crippen LogP contribution is 2.26. The molecule has 1 amide bonds. The van der Waals surface area contributed by atoms with Crippen molar-refractivity contribution in [2.45, 2.75) is 37.8 Å². The summed E-state index contributed by atoms with van der Waals surface area (Å²) in [5, 5.41) is 4.30. The second kappa shape index (κ2) is 5.94. The topological polar surface area (TPSA) is 38.3 Å². The van der Waals surface area contributed by atoms with Gasteiger partial charge in [-0.25, -0.2) is 0 Å². The molecule has 1 aromatic carbocycles. The van der Waals surface area contributed by atoms with Gasteiger partial charge in [-0.1, -0.05) is 18.2 Å². The van der Waals surface area contributed by atoms with Crippen molar-refractivity contribution < 1.29 is 9.53 Å². The summed E-state index contributed by atoms with van der Waals surface area (Å²) in [5.74, 6) is 0.0621. The van der Waals surface area contributed by atoms with E-state index in [2.05, 4.69) is 11.4 Å². The number of hydrogen-bond donors (Lipinski definition) is 1. The van der Waals surface area contributed by atoms with Crippen molar-refractivity contribution >= 4 is 27.3 Å². The van der Waals surface area contributed by atoms with E-state index in [1.165, 1.54) is 4.70 Å². The van der Waals surface area contributed by atoms with Gasteiger partial charge in [-0.05, 0) is 43.2 Å². The lowest BCUT2D eigenvalue weighted by Crippen LogP contribution is -2.38. The maximum atomic E-state index is 12.3. The first-order valence-electron chi connectivity index (χ1n) is 7.08. The molecule has 0 bridgehead atoms. The highest BCUT2D eigenvalue weighted by Gasteiger charge is 2.23. The lowest BCUT2D eigenvalue weighted by atomic mass is 9.93. The van der Waals surface area contributed by atoms with E-state index in [0.29, 0.717) is 12.1 Å². The number of hydrogen-bond acceptors (Lipinski definition) is 3. The summed E-state index contributed by atoms with van der Waals surface area (Å²) in [6.07, 6.45) is 4.46. The Labute approximate surface area is 122 Å². The van der Waals surface area contributed by atoms with Gasteiger partial charge in [0.25, 0.3) is 5.91 Å². The molecule has 1 fully saturated rings. The number of rotatable bonds is 3. The van der Waals surface area contributed by atoms with Crippen LogP contribution in [0, 0.1) is 0 Å². The molecule has 20 heavy (non-hydrogen) atoms. The summed E-state index contributed by atoms with van der Waals surface area (Å²) in [5.41, 5.74) is 0. The Balaban J connectivity index is 1.64. The number of nitrogens with one attached hydrogen (secondary N) is 1. The summed E-state index contributed by atoms with van der Waals surface area (Å²) in [7, 11) is 1.76. The highest BCUT2D eigenvalue weighted by atomic mass is 32.1. The zero-order valence-corrected chi connectivity index (χ0v) is 12.4. The third-order valence-corrected chi connectivity index (χ3v) is 5.11. The Morgan fingerprint density at radius 1 is 1.25 bits per heavy atom. The predicted octanol–water partition coefficient (Wildman–Crippen LogP) is 3.59. The zero-order valence-electron chi connectivity index (χ0n) is 11.6. The normalized spacial score (nSPS) is 22.9. The van der Waals surface area contributed by atoms with Crippen LogP contribution >= 0.6 is 11.3 Å². The largest absolute Gasteiger partial charge is 0.381 e. The van der Waals surface area contributed by atoms with Crippen molar-refractivity contribution in [1.82, 2.24) is 5.32 Å². The first-order valence-corrected chi connectivity index (χ1v) is 7.90. The fourth-order valence-electron chi connectivity index (χ4n) is 2.79. The molecule has 1 N–H and O–H groups in total. The third-order valence-electron chi connectivity index (χ3n) is 3.99. The average Bonchev–Trinajstić information content (AvgIpc) is 2.92. The Kier molecular flexibility index (Phi) is 4.03. The number of amides is 1. The van der Waals surface area contributed by atoms with Crippen LogP contribution in [0.25, 0.3) is 10.1 Å². The van der Waals surface area contributed by atoms with Gasteiger partial charge in [0.15, 0.2) is 0 Å². The maximum absolute atomic E-state index is 12.3. The number of carbonyl (C=O) groups excluding carboxylic acids is 1. The van der Waals surface area contributed by atoms with Gasteiger partial charge in [0.05, 0.1) is 11.0 Å². The van der Waals surface area contributed by atoms with Gasteiger partial charge in [0, 0.05) is 17.9 Å². The Hall–Kier alpha value is -1.39. The summed E-state index contributed by atoms with van der Waals surface area (Å²) >= 11 is 1.56.